The van der Waals surface area contributed by atoms with Gasteiger partial charge in [-0.05, 0) is 55.0 Å². The van der Waals surface area contributed by atoms with Crippen LogP contribution in [0.4, 0.5) is 0 Å². The third-order valence-electron chi connectivity index (χ3n) is 5.35. The van der Waals surface area contributed by atoms with Crippen LogP contribution in [0, 0.1) is 0 Å². The van der Waals surface area contributed by atoms with E-state index in [9.17, 15) is 0 Å². The lowest BCUT2D eigenvalue weighted by molar-refractivity contribution is -0.0190. The number of ether oxygens (including phenoxy) is 2. The average Bonchev–Trinajstić information content (AvgIpc) is 3.20. The van der Waals surface area contributed by atoms with Gasteiger partial charge in [0.2, 0.25) is 6.23 Å². The van der Waals surface area contributed by atoms with Crippen molar-refractivity contribution in [2.24, 2.45) is 5.10 Å². The molecule has 29 heavy (non-hydrogen) atoms. The largest absolute Gasteiger partial charge is 0.494 e. The lowest BCUT2D eigenvalue weighted by Gasteiger charge is -2.38. The number of hydrogen-bond acceptors (Lipinski definition) is 4. The zero-order valence-electron chi connectivity index (χ0n) is 16.1. The van der Waals surface area contributed by atoms with Crippen molar-refractivity contribution >= 4 is 17.3 Å². The summed E-state index contributed by atoms with van der Waals surface area (Å²) in [6.45, 7) is 2.63. The van der Waals surface area contributed by atoms with Crippen molar-refractivity contribution in [2.75, 3.05) is 6.61 Å². The molecule has 0 saturated carbocycles. The molecule has 5 rings (SSSR count). The van der Waals surface area contributed by atoms with Crippen molar-refractivity contribution in [2.45, 2.75) is 25.6 Å². The molecule has 2 aliphatic rings. The van der Waals surface area contributed by atoms with Crippen molar-refractivity contribution in [1.29, 1.82) is 0 Å². The van der Waals surface area contributed by atoms with E-state index in [2.05, 4.69) is 29.3 Å². The Morgan fingerprint density at radius 3 is 2.55 bits per heavy atom. The van der Waals surface area contributed by atoms with E-state index in [0.29, 0.717) is 6.61 Å². The first kappa shape index (κ1) is 18.1. The van der Waals surface area contributed by atoms with Crippen LogP contribution in [0.3, 0.4) is 0 Å². The maximum atomic E-state index is 6.39. The highest BCUT2D eigenvalue weighted by atomic mass is 35.5. The highest BCUT2D eigenvalue weighted by molar-refractivity contribution is 6.30. The molecular formula is C24H21ClN2O2. The molecule has 4 nitrogen and oxygen atoms in total. The van der Waals surface area contributed by atoms with Crippen LogP contribution < -0.4 is 9.47 Å². The summed E-state index contributed by atoms with van der Waals surface area (Å²) in [5.41, 5.74) is 4.35. The van der Waals surface area contributed by atoms with Crippen molar-refractivity contribution in [3.8, 4) is 11.5 Å². The van der Waals surface area contributed by atoms with Crippen molar-refractivity contribution in [1.82, 2.24) is 5.01 Å². The Labute approximate surface area is 175 Å². The van der Waals surface area contributed by atoms with Gasteiger partial charge in [0.1, 0.15) is 11.5 Å². The number of nitrogens with zero attached hydrogens (tertiary/aromatic N) is 2. The Morgan fingerprint density at radius 2 is 1.79 bits per heavy atom. The van der Waals surface area contributed by atoms with Gasteiger partial charge in [0.05, 0.1) is 18.4 Å². The van der Waals surface area contributed by atoms with Crippen molar-refractivity contribution < 1.29 is 9.47 Å². The fraction of sp³-hybridized carbons (Fsp3) is 0.208. The van der Waals surface area contributed by atoms with Gasteiger partial charge in [0.25, 0.3) is 0 Å². The van der Waals surface area contributed by atoms with E-state index in [1.807, 2.05) is 55.5 Å². The summed E-state index contributed by atoms with van der Waals surface area (Å²) in [6.07, 6.45) is 0.547. The standard InChI is InChI=1S/C24H21ClN2O2/c1-2-28-19-13-9-17(10-14-19)24-27-22(20-5-3-4-6-23(20)29-24)15-21(26-27)16-7-11-18(25)12-8-16/h3-14,22,24H,2,15H2,1H3/t22-,24+/m1/s1. The van der Waals surface area contributed by atoms with Crippen molar-refractivity contribution in [3.05, 3.63) is 94.5 Å². The molecule has 146 valence electrons. The number of hydrazone groups is 1. The van der Waals surface area contributed by atoms with E-state index in [4.69, 9.17) is 26.2 Å². The summed E-state index contributed by atoms with van der Waals surface area (Å²) < 4.78 is 12.0. The molecule has 0 aliphatic carbocycles. The predicted molar refractivity (Wildman–Crippen MR) is 115 cm³/mol. The monoisotopic (exact) mass is 404 g/mol. The lowest BCUT2D eigenvalue weighted by Crippen LogP contribution is -2.33. The molecule has 0 fully saturated rings. The van der Waals surface area contributed by atoms with Crippen LogP contribution in [0.15, 0.2) is 77.9 Å². The molecule has 3 aromatic rings. The number of halogens is 1. The minimum atomic E-state index is -0.282. The summed E-state index contributed by atoms with van der Waals surface area (Å²) in [5.74, 6) is 1.77. The fourth-order valence-electron chi connectivity index (χ4n) is 3.97. The van der Waals surface area contributed by atoms with E-state index >= 15 is 0 Å². The van der Waals surface area contributed by atoms with Gasteiger partial charge in [-0.3, -0.25) is 0 Å². The quantitative estimate of drug-likeness (QED) is 0.536. The zero-order chi connectivity index (χ0) is 19.8. The third-order valence-corrected chi connectivity index (χ3v) is 5.60. The number of benzene rings is 3. The normalized spacial score (nSPS) is 19.8. The van der Waals surface area contributed by atoms with Crippen LogP contribution in [0.5, 0.6) is 11.5 Å². The first-order valence-corrected chi connectivity index (χ1v) is 10.2. The summed E-state index contributed by atoms with van der Waals surface area (Å²) in [4.78, 5) is 0. The highest BCUT2D eigenvalue weighted by Gasteiger charge is 2.40. The zero-order valence-corrected chi connectivity index (χ0v) is 16.8. The van der Waals surface area contributed by atoms with E-state index in [-0.39, 0.29) is 12.3 Å². The van der Waals surface area contributed by atoms with E-state index < -0.39 is 0 Å². The second-order valence-corrected chi connectivity index (χ2v) is 7.60. The minimum absolute atomic E-state index is 0.141. The highest BCUT2D eigenvalue weighted by Crippen LogP contribution is 2.47. The number of rotatable bonds is 4. The Bertz CT molecular complexity index is 1050. The van der Waals surface area contributed by atoms with Crippen LogP contribution in [0.25, 0.3) is 0 Å². The molecule has 0 saturated heterocycles. The first-order chi connectivity index (χ1) is 14.2. The van der Waals surface area contributed by atoms with E-state index in [1.54, 1.807) is 0 Å². The maximum absolute atomic E-state index is 6.39. The fourth-order valence-corrected chi connectivity index (χ4v) is 4.09. The number of hydrogen-bond donors (Lipinski definition) is 0. The van der Waals surface area contributed by atoms with Gasteiger partial charge >= 0.3 is 0 Å². The molecule has 0 spiro atoms. The summed E-state index contributed by atoms with van der Waals surface area (Å²) in [5, 5.41) is 7.79. The van der Waals surface area contributed by atoms with E-state index in [1.165, 1.54) is 5.56 Å². The van der Waals surface area contributed by atoms with Crippen LogP contribution in [0.2, 0.25) is 5.02 Å². The van der Waals surface area contributed by atoms with Crippen LogP contribution in [-0.4, -0.2) is 17.3 Å². The molecule has 2 heterocycles. The van der Waals surface area contributed by atoms with Crippen LogP contribution in [0.1, 0.15) is 42.3 Å². The lowest BCUT2D eigenvalue weighted by atomic mass is 9.96. The predicted octanol–water partition coefficient (Wildman–Crippen LogP) is 5.98. The molecule has 0 amide bonds. The number of fused-ring (bicyclic) bond motifs is 3. The molecule has 0 radical (unpaired) electrons. The average molecular weight is 405 g/mol. The van der Waals surface area contributed by atoms with Crippen molar-refractivity contribution in [3.63, 3.8) is 0 Å². The van der Waals surface area contributed by atoms with Gasteiger partial charge in [-0.15, -0.1) is 0 Å². The van der Waals surface area contributed by atoms with Gasteiger partial charge < -0.3 is 9.47 Å². The SMILES string of the molecule is CCOc1ccc([C@@H]2Oc3ccccc3[C@H]3CC(c4ccc(Cl)cc4)=NN32)cc1. The van der Waals surface area contributed by atoms with Gasteiger partial charge in [-0.25, -0.2) is 5.01 Å². The Balaban J connectivity index is 1.53. The molecule has 0 aromatic heterocycles. The second kappa shape index (κ2) is 7.45. The van der Waals surface area contributed by atoms with Gasteiger partial charge in [-0.2, -0.15) is 5.10 Å². The van der Waals surface area contributed by atoms with Gasteiger partial charge in [-0.1, -0.05) is 41.9 Å². The summed E-state index contributed by atoms with van der Waals surface area (Å²) in [7, 11) is 0. The van der Waals surface area contributed by atoms with Crippen LogP contribution >= 0.6 is 11.6 Å². The van der Waals surface area contributed by atoms with Crippen LogP contribution in [-0.2, 0) is 0 Å². The molecule has 2 aliphatic heterocycles. The molecule has 0 N–H and O–H groups in total. The molecule has 3 aromatic carbocycles. The molecule has 0 unspecified atom stereocenters. The minimum Gasteiger partial charge on any atom is -0.494 e. The van der Waals surface area contributed by atoms with Gasteiger partial charge in [0.15, 0.2) is 0 Å². The second-order valence-electron chi connectivity index (χ2n) is 7.16. The Morgan fingerprint density at radius 1 is 1.03 bits per heavy atom. The third kappa shape index (κ3) is 3.34. The smallest absolute Gasteiger partial charge is 0.213 e. The Hall–Kier alpha value is -2.98. The molecule has 2 atom stereocenters. The van der Waals surface area contributed by atoms with E-state index in [0.717, 1.165) is 39.8 Å². The maximum Gasteiger partial charge on any atom is 0.213 e. The summed E-state index contributed by atoms with van der Waals surface area (Å²) in [6, 6.07) is 24.3. The molecule has 0 bridgehead atoms. The number of para-hydroxylation sites is 1. The summed E-state index contributed by atoms with van der Waals surface area (Å²) >= 11 is 6.07. The Kier molecular flexibility index (Phi) is 4.64. The molecular weight excluding hydrogens is 384 g/mol. The molecule has 5 heteroatoms. The topological polar surface area (TPSA) is 34.1 Å². The van der Waals surface area contributed by atoms with Gasteiger partial charge in [0, 0.05) is 22.6 Å². The first-order valence-electron chi connectivity index (χ1n) is 9.83.